The second-order valence-electron chi connectivity index (χ2n) is 5.04. The number of nitrogens with one attached hydrogen (secondary N) is 2. The summed E-state index contributed by atoms with van der Waals surface area (Å²) in [4.78, 5) is 27.8. The first-order valence-electron chi connectivity index (χ1n) is 7.36. The van der Waals surface area contributed by atoms with Crippen molar-refractivity contribution in [2.24, 2.45) is 0 Å². The number of hydrogen-bond acceptors (Lipinski definition) is 4. The first-order valence-corrected chi connectivity index (χ1v) is 7.36. The fraction of sp³-hybridized carbons (Fsp3) is 0.0556. The van der Waals surface area contributed by atoms with E-state index in [0.29, 0.717) is 17.9 Å². The fourth-order valence-corrected chi connectivity index (χ4v) is 2.12. The highest BCUT2D eigenvalue weighted by Gasteiger charge is 2.09. The van der Waals surface area contributed by atoms with Gasteiger partial charge in [0, 0.05) is 24.5 Å². The highest BCUT2D eigenvalue weighted by molar-refractivity contribution is 5.88. The van der Waals surface area contributed by atoms with E-state index in [1.165, 1.54) is 6.07 Å². The van der Waals surface area contributed by atoms with Gasteiger partial charge in [0.25, 0.3) is 0 Å². The van der Waals surface area contributed by atoms with Crippen LogP contribution in [0.1, 0.15) is 5.56 Å². The Morgan fingerprint density at radius 1 is 1.04 bits per heavy atom. The van der Waals surface area contributed by atoms with Crippen molar-refractivity contribution in [1.29, 1.82) is 0 Å². The minimum atomic E-state index is -0.619. The molecule has 1 aromatic carbocycles. The molecule has 0 aliphatic rings. The van der Waals surface area contributed by atoms with Crippen LogP contribution < -0.4 is 16.3 Å². The van der Waals surface area contributed by atoms with Gasteiger partial charge in [0.05, 0.1) is 0 Å². The van der Waals surface area contributed by atoms with Crippen LogP contribution in [0.15, 0.2) is 76.2 Å². The lowest BCUT2D eigenvalue weighted by Crippen LogP contribution is -2.30. The molecule has 0 aliphatic carbocycles. The lowest BCUT2D eigenvalue weighted by molar-refractivity contribution is 0.251. The fourth-order valence-electron chi connectivity index (χ4n) is 2.12. The highest BCUT2D eigenvalue weighted by atomic mass is 16.4. The van der Waals surface area contributed by atoms with E-state index < -0.39 is 11.7 Å². The molecule has 0 aliphatic heterocycles. The molecule has 0 saturated carbocycles. The van der Waals surface area contributed by atoms with Gasteiger partial charge < -0.3 is 15.1 Å². The molecule has 3 rings (SSSR count). The van der Waals surface area contributed by atoms with Crippen molar-refractivity contribution in [2.45, 2.75) is 6.54 Å². The van der Waals surface area contributed by atoms with Crippen molar-refractivity contribution >= 4 is 11.7 Å². The van der Waals surface area contributed by atoms with E-state index in [1.807, 2.05) is 30.3 Å². The number of hydrogen-bond donors (Lipinski definition) is 2. The number of carbonyl (C=O) groups excluding carboxylic acids is 1. The van der Waals surface area contributed by atoms with Gasteiger partial charge in [0.15, 0.2) is 0 Å². The number of rotatable bonds is 4. The molecular weight excluding hydrogens is 306 g/mol. The summed E-state index contributed by atoms with van der Waals surface area (Å²) in [6, 6.07) is 15.7. The molecule has 0 saturated heterocycles. The number of urea groups is 1. The maximum Gasteiger partial charge on any atom is 0.360 e. The Bertz CT molecular complexity index is 877. The van der Waals surface area contributed by atoms with Crippen LogP contribution in [0.4, 0.5) is 10.5 Å². The van der Waals surface area contributed by atoms with Gasteiger partial charge in [-0.1, -0.05) is 30.3 Å². The topological polar surface area (TPSA) is 84.2 Å². The average Bonchev–Trinajstić information content (AvgIpc) is 2.63. The molecule has 24 heavy (non-hydrogen) atoms. The average molecular weight is 321 g/mol. The molecule has 6 heteroatoms. The Morgan fingerprint density at radius 3 is 2.58 bits per heavy atom. The number of pyridine rings is 1. The Morgan fingerprint density at radius 2 is 1.88 bits per heavy atom. The van der Waals surface area contributed by atoms with E-state index in [2.05, 4.69) is 15.6 Å². The Hall–Kier alpha value is -3.41. The number of aromatic nitrogens is 1. The van der Waals surface area contributed by atoms with Crippen LogP contribution in [-0.2, 0) is 6.54 Å². The summed E-state index contributed by atoms with van der Waals surface area (Å²) in [5.41, 5.74) is 1.11. The minimum absolute atomic E-state index is 0.0770. The summed E-state index contributed by atoms with van der Waals surface area (Å²) in [6.07, 6.45) is 3.23. The zero-order chi connectivity index (χ0) is 16.8. The summed E-state index contributed by atoms with van der Waals surface area (Å²) < 4.78 is 5.22. The van der Waals surface area contributed by atoms with Crippen molar-refractivity contribution in [3.8, 4) is 11.3 Å². The third-order valence-corrected chi connectivity index (χ3v) is 3.31. The minimum Gasteiger partial charge on any atom is -0.421 e. The molecule has 6 nitrogen and oxygen atoms in total. The van der Waals surface area contributed by atoms with Crippen molar-refractivity contribution in [3.05, 3.63) is 83.0 Å². The second-order valence-corrected chi connectivity index (χ2v) is 5.04. The monoisotopic (exact) mass is 321 g/mol. The standard InChI is InChI=1S/C18H15N3O3/c22-17-15(8-9-16(24-17)14-7-4-10-19-12-14)21-18(23)20-11-13-5-2-1-3-6-13/h1-10,12H,11H2,(H2,20,21,23). The van der Waals surface area contributed by atoms with Crippen LogP contribution in [-0.4, -0.2) is 11.0 Å². The van der Waals surface area contributed by atoms with Gasteiger partial charge in [-0.15, -0.1) is 0 Å². The smallest absolute Gasteiger partial charge is 0.360 e. The number of carbonyl (C=O) groups is 1. The normalized spacial score (nSPS) is 10.2. The molecule has 0 fully saturated rings. The van der Waals surface area contributed by atoms with Gasteiger partial charge in [-0.3, -0.25) is 4.98 Å². The first kappa shape index (κ1) is 15.5. The van der Waals surface area contributed by atoms with Crippen molar-refractivity contribution in [2.75, 3.05) is 5.32 Å². The molecule has 120 valence electrons. The van der Waals surface area contributed by atoms with Crippen molar-refractivity contribution in [3.63, 3.8) is 0 Å². The van der Waals surface area contributed by atoms with Gasteiger partial charge in [-0.25, -0.2) is 9.59 Å². The van der Waals surface area contributed by atoms with Gasteiger partial charge in [0.1, 0.15) is 11.4 Å². The largest absolute Gasteiger partial charge is 0.421 e. The SMILES string of the molecule is O=C(NCc1ccccc1)Nc1ccc(-c2cccnc2)oc1=O. The maximum atomic E-state index is 12.0. The number of nitrogens with zero attached hydrogens (tertiary/aromatic N) is 1. The molecule has 2 aromatic heterocycles. The second kappa shape index (κ2) is 7.23. The van der Waals surface area contributed by atoms with Gasteiger partial charge in [0.2, 0.25) is 0 Å². The molecule has 0 atom stereocenters. The van der Waals surface area contributed by atoms with Crippen molar-refractivity contribution in [1.82, 2.24) is 10.3 Å². The molecule has 0 radical (unpaired) electrons. The van der Waals surface area contributed by atoms with Crippen LogP contribution in [0.3, 0.4) is 0 Å². The first-order chi connectivity index (χ1) is 11.7. The summed E-state index contributed by atoms with van der Waals surface area (Å²) in [5.74, 6) is 0.392. The molecule has 2 heterocycles. The zero-order valence-electron chi connectivity index (χ0n) is 12.7. The van der Waals surface area contributed by atoms with Crippen LogP contribution >= 0.6 is 0 Å². The van der Waals surface area contributed by atoms with Gasteiger partial charge in [-0.2, -0.15) is 0 Å². The molecule has 0 spiro atoms. The van der Waals surface area contributed by atoms with Crippen LogP contribution in [0, 0.1) is 0 Å². The third kappa shape index (κ3) is 3.86. The summed E-state index contributed by atoms with van der Waals surface area (Å²) >= 11 is 0. The molecule has 2 amide bonds. The number of benzene rings is 1. The lowest BCUT2D eigenvalue weighted by Gasteiger charge is -2.07. The highest BCUT2D eigenvalue weighted by Crippen LogP contribution is 2.17. The Kier molecular flexibility index (Phi) is 4.67. The Balaban J connectivity index is 1.65. The van der Waals surface area contributed by atoms with Crippen LogP contribution in [0.25, 0.3) is 11.3 Å². The van der Waals surface area contributed by atoms with Gasteiger partial charge >= 0.3 is 11.7 Å². The van der Waals surface area contributed by atoms with E-state index in [9.17, 15) is 9.59 Å². The molecule has 0 bridgehead atoms. The van der Waals surface area contributed by atoms with Gasteiger partial charge in [-0.05, 0) is 29.8 Å². The third-order valence-electron chi connectivity index (χ3n) is 3.31. The summed E-state index contributed by atoms with van der Waals surface area (Å²) in [6.45, 7) is 0.367. The quantitative estimate of drug-likeness (QED) is 0.773. The Labute approximate surface area is 138 Å². The van der Waals surface area contributed by atoms with E-state index in [4.69, 9.17) is 4.42 Å². The van der Waals surface area contributed by atoms with E-state index in [1.54, 1.807) is 30.6 Å². The lowest BCUT2D eigenvalue weighted by atomic mass is 10.2. The van der Waals surface area contributed by atoms with Crippen LogP contribution in [0.2, 0.25) is 0 Å². The maximum absolute atomic E-state index is 12.0. The van der Waals surface area contributed by atoms with Crippen LogP contribution in [0.5, 0.6) is 0 Å². The van der Waals surface area contributed by atoms with E-state index in [0.717, 1.165) is 5.56 Å². The summed E-state index contributed by atoms with van der Waals surface area (Å²) in [7, 11) is 0. The molecule has 3 aromatic rings. The van der Waals surface area contributed by atoms with E-state index >= 15 is 0 Å². The molecular formula is C18H15N3O3. The molecule has 2 N–H and O–H groups in total. The predicted octanol–water partition coefficient (Wildman–Crippen LogP) is 3.02. The number of amides is 2. The van der Waals surface area contributed by atoms with E-state index in [-0.39, 0.29) is 5.69 Å². The number of anilines is 1. The zero-order valence-corrected chi connectivity index (χ0v) is 12.7. The summed E-state index contributed by atoms with van der Waals surface area (Å²) in [5, 5.41) is 5.17. The molecule has 0 unspecified atom stereocenters. The predicted molar refractivity (Wildman–Crippen MR) is 90.5 cm³/mol. The van der Waals surface area contributed by atoms with Crippen molar-refractivity contribution < 1.29 is 9.21 Å².